The second-order valence-corrected chi connectivity index (χ2v) is 5.05. The molecule has 1 amide bonds. The molecule has 0 aliphatic heterocycles. The molecule has 0 saturated carbocycles. The van der Waals surface area contributed by atoms with Crippen molar-refractivity contribution in [2.24, 2.45) is 0 Å². The molecule has 0 bridgehead atoms. The van der Waals surface area contributed by atoms with E-state index in [-0.39, 0.29) is 11.5 Å². The summed E-state index contributed by atoms with van der Waals surface area (Å²) in [5.41, 5.74) is 1.46. The van der Waals surface area contributed by atoms with Crippen molar-refractivity contribution in [1.82, 2.24) is 9.97 Å². The monoisotopic (exact) mass is 321 g/mol. The van der Waals surface area contributed by atoms with Gasteiger partial charge in [-0.25, -0.2) is 4.98 Å². The molecule has 6 heteroatoms. The molecule has 2 aromatic heterocycles. The lowest BCUT2D eigenvalue weighted by Gasteiger charge is -2.03. The topological polar surface area (TPSA) is 84.1 Å². The molecule has 2 N–H and O–H groups in total. The lowest BCUT2D eigenvalue weighted by atomic mass is 10.1. The van der Waals surface area contributed by atoms with Crippen molar-refractivity contribution in [3.63, 3.8) is 0 Å². The lowest BCUT2D eigenvalue weighted by Crippen LogP contribution is -2.11. The Bertz CT molecular complexity index is 959. The van der Waals surface area contributed by atoms with Crippen LogP contribution in [-0.4, -0.2) is 23.0 Å². The highest BCUT2D eigenvalue weighted by Gasteiger charge is 2.02. The van der Waals surface area contributed by atoms with Crippen LogP contribution < -0.4 is 15.6 Å². The van der Waals surface area contributed by atoms with Gasteiger partial charge in [0.2, 0.25) is 11.8 Å². The van der Waals surface area contributed by atoms with Gasteiger partial charge in [0.15, 0.2) is 0 Å². The number of benzene rings is 1. The molecule has 2 heterocycles. The number of nitrogens with zero attached hydrogens (tertiary/aromatic N) is 1. The standard InChI is InChI=1S/C18H15N3O3/c1-24-17-9-7-14(11-19-17)20-16(22)8-6-13-10-12-4-2-3-5-15(12)21-18(13)23/h2-11H,1H3,(H,20,22)(H,21,23)/b8-6+. The van der Waals surface area contributed by atoms with Gasteiger partial charge in [-0.2, -0.15) is 0 Å². The number of pyridine rings is 2. The lowest BCUT2D eigenvalue weighted by molar-refractivity contribution is -0.111. The second-order valence-electron chi connectivity index (χ2n) is 5.05. The normalized spacial score (nSPS) is 10.9. The third-order valence-corrected chi connectivity index (χ3v) is 3.41. The number of carbonyl (C=O) groups is 1. The van der Waals surface area contributed by atoms with Gasteiger partial charge in [0, 0.05) is 23.2 Å². The summed E-state index contributed by atoms with van der Waals surface area (Å²) in [6.07, 6.45) is 4.29. The number of H-pyrrole nitrogens is 1. The summed E-state index contributed by atoms with van der Waals surface area (Å²) in [4.78, 5) is 30.7. The largest absolute Gasteiger partial charge is 0.481 e. The third kappa shape index (κ3) is 3.49. The first-order chi connectivity index (χ1) is 11.7. The van der Waals surface area contributed by atoms with Crippen molar-refractivity contribution in [2.75, 3.05) is 12.4 Å². The minimum Gasteiger partial charge on any atom is -0.481 e. The van der Waals surface area contributed by atoms with Gasteiger partial charge >= 0.3 is 0 Å². The quantitative estimate of drug-likeness (QED) is 0.723. The van der Waals surface area contributed by atoms with Crippen LogP contribution in [0.4, 0.5) is 5.69 Å². The first kappa shape index (κ1) is 15.5. The van der Waals surface area contributed by atoms with Crippen molar-refractivity contribution >= 4 is 28.6 Å². The van der Waals surface area contributed by atoms with Gasteiger partial charge in [-0.15, -0.1) is 0 Å². The molecule has 0 radical (unpaired) electrons. The molecule has 6 nitrogen and oxygen atoms in total. The maximum absolute atomic E-state index is 12.0. The van der Waals surface area contributed by atoms with Crippen LogP contribution in [0.1, 0.15) is 5.56 Å². The van der Waals surface area contributed by atoms with Crippen LogP contribution in [0.15, 0.2) is 59.5 Å². The first-order valence-corrected chi connectivity index (χ1v) is 7.27. The molecule has 120 valence electrons. The third-order valence-electron chi connectivity index (χ3n) is 3.41. The Morgan fingerprint density at radius 3 is 2.83 bits per heavy atom. The van der Waals surface area contributed by atoms with E-state index in [1.807, 2.05) is 24.3 Å². The average molecular weight is 321 g/mol. The van der Waals surface area contributed by atoms with E-state index in [4.69, 9.17) is 4.74 Å². The number of ether oxygens (including phenoxy) is 1. The molecule has 24 heavy (non-hydrogen) atoms. The number of hydrogen-bond acceptors (Lipinski definition) is 4. The fraction of sp³-hybridized carbons (Fsp3) is 0.0556. The Balaban J connectivity index is 1.76. The maximum atomic E-state index is 12.0. The van der Waals surface area contributed by atoms with E-state index in [9.17, 15) is 9.59 Å². The summed E-state index contributed by atoms with van der Waals surface area (Å²) in [5, 5.41) is 3.56. The first-order valence-electron chi connectivity index (χ1n) is 7.27. The van der Waals surface area contributed by atoms with Gasteiger partial charge in [0.1, 0.15) is 0 Å². The number of rotatable bonds is 4. The van der Waals surface area contributed by atoms with Crippen molar-refractivity contribution in [3.05, 3.63) is 70.7 Å². The Morgan fingerprint density at radius 1 is 1.25 bits per heavy atom. The second kappa shape index (κ2) is 6.78. The Labute approximate surface area is 137 Å². The molecule has 0 saturated heterocycles. The summed E-state index contributed by atoms with van der Waals surface area (Å²) in [5.74, 6) is 0.112. The fourth-order valence-corrected chi connectivity index (χ4v) is 2.21. The summed E-state index contributed by atoms with van der Waals surface area (Å²) in [7, 11) is 1.52. The predicted molar refractivity (Wildman–Crippen MR) is 93.0 cm³/mol. The Hall–Kier alpha value is -3.41. The number of hydrogen-bond donors (Lipinski definition) is 2. The van der Waals surface area contributed by atoms with E-state index in [0.29, 0.717) is 17.1 Å². The smallest absolute Gasteiger partial charge is 0.255 e. The highest BCUT2D eigenvalue weighted by Crippen LogP contribution is 2.12. The van der Waals surface area contributed by atoms with Crippen molar-refractivity contribution in [1.29, 1.82) is 0 Å². The van der Waals surface area contributed by atoms with E-state index < -0.39 is 0 Å². The van der Waals surface area contributed by atoms with Crippen molar-refractivity contribution in [3.8, 4) is 5.88 Å². The predicted octanol–water partition coefficient (Wildman–Crippen LogP) is 2.58. The van der Waals surface area contributed by atoms with Gasteiger partial charge in [0.25, 0.3) is 5.56 Å². The van der Waals surface area contributed by atoms with Gasteiger partial charge in [-0.05, 0) is 29.7 Å². The zero-order valence-electron chi connectivity index (χ0n) is 12.9. The summed E-state index contributed by atoms with van der Waals surface area (Å²) in [6.45, 7) is 0. The SMILES string of the molecule is COc1ccc(NC(=O)/C=C/c2cc3ccccc3[nH]c2=O)cn1. The molecule has 1 aromatic carbocycles. The highest BCUT2D eigenvalue weighted by molar-refractivity contribution is 6.02. The number of para-hydroxylation sites is 1. The minimum absolute atomic E-state index is 0.246. The molecular weight excluding hydrogens is 306 g/mol. The summed E-state index contributed by atoms with van der Waals surface area (Å²) < 4.78 is 4.95. The van der Waals surface area contributed by atoms with E-state index in [2.05, 4.69) is 15.3 Å². The molecule has 3 rings (SSSR count). The average Bonchev–Trinajstić information content (AvgIpc) is 2.60. The van der Waals surface area contributed by atoms with Crippen LogP contribution in [0.3, 0.4) is 0 Å². The van der Waals surface area contributed by atoms with Gasteiger partial charge in [-0.3, -0.25) is 9.59 Å². The van der Waals surface area contributed by atoms with Gasteiger partial charge in [0.05, 0.1) is 19.0 Å². The molecule has 0 spiro atoms. The number of methoxy groups -OCH3 is 1. The van der Waals surface area contributed by atoms with Crippen molar-refractivity contribution < 1.29 is 9.53 Å². The van der Waals surface area contributed by atoms with Crippen LogP contribution in [0.2, 0.25) is 0 Å². The number of amides is 1. The number of aromatic amines is 1. The number of fused-ring (bicyclic) bond motifs is 1. The van der Waals surface area contributed by atoms with E-state index >= 15 is 0 Å². The van der Waals surface area contributed by atoms with Crippen LogP contribution in [0.5, 0.6) is 5.88 Å². The molecule has 3 aromatic rings. The molecule has 0 aliphatic rings. The maximum Gasteiger partial charge on any atom is 0.255 e. The molecule has 0 unspecified atom stereocenters. The zero-order valence-corrected chi connectivity index (χ0v) is 12.9. The van der Waals surface area contributed by atoms with Gasteiger partial charge in [-0.1, -0.05) is 18.2 Å². The van der Waals surface area contributed by atoms with Crippen LogP contribution in [0.25, 0.3) is 17.0 Å². The van der Waals surface area contributed by atoms with E-state index in [1.165, 1.54) is 25.5 Å². The Morgan fingerprint density at radius 2 is 2.08 bits per heavy atom. The zero-order chi connectivity index (χ0) is 16.9. The van der Waals surface area contributed by atoms with Crippen LogP contribution in [-0.2, 0) is 4.79 Å². The molecule has 0 atom stereocenters. The number of carbonyl (C=O) groups excluding carboxylic acids is 1. The molecule has 0 fully saturated rings. The summed E-state index contributed by atoms with van der Waals surface area (Å²) in [6, 6.07) is 12.5. The van der Waals surface area contributed by atoms with Crippen LogP contribution >= 0.6 is 0 Å². The van der Waals surface area contributed by atoms with Gasteiger partial charge < -0.3 is 15.0 Å². The van der Waals surface area contributed by atoms with E-state index in [1.54, 1.807) is 18.2 Å². The fourth-order valence-electron chi connectivity index (χ4n) is 2.21. The van der Waals surface area contributed by atoms with E-state index in [0.717, 1.165) is 10.9 Å². The highest BCUT2D eigenvalue weighted by atomic mass is 16.5. The minimum atomic E-state index is -0.352. The Kier molecular flexibility index (Phi) is 4.38. The molecule has 0 aliphatic carbocycles. The van der Waals surface area contributed by atoms with Crippen molar-refractivity contribution in [2.45, 2.75) is 0 Å². The number of anilines is 1. The van der Waals surface area contributed by atoms with Crippen LogP contribution in [0, 0.1) is 0 Å². The summed E-state index contributed by atoms with van der Waals surface area (Å²) >= 11 is 0. The number of aromatic nitrogens is 2. The number of nitrogens with one attached hydrogen (secondary N) is 2. The molecular formula is C18H15N3O3.